The van der Waals surface area contributed by atoms with Crippen LogP contribution in [-0.2, 0) is 17.5 Å². The Balaban J connectivity index is 1.55. The highest BCUT2D eigenvalue weighted by Crippen LogP contribution is 2.38. The molecular formula is C27H24FN2O5P. The van der Waals surface area contributed by atoms with Gasteiger partial charge in [-0.3, -0.25) is 14.6 Å². The summed E-state index contributed by atoms with van der Waals surface area (Å²) in [5, 5.41) is 6.10. The van der Waals surface area contributed by atoms with Gasteiger partial charge in [0.1, 0.15) is 11.6 Å². The maximum Gasteiger partial charge on any atom is 0.524 e. The lowest BCUT2D eigenvalue weighted by atomic mass is 10.00. The number of hydrogen-bond acceptors (Lipinski definition) is 4. The van der Waals surface area contributed by atoms with Crippen molar-refractivity contribution in [3.8, 4) is 5.75 Å². The number of hydrogen-bond donors (Lipinski definition) is 4. The van der Waals surface area contributed by atoms with Crippen LogP contribution in [0.2, 0.25) is 0 Å². The van der Waals surface area contributed by atoms with E-state index >= 15 is 0 Å². The molecule has 1 amide bonds. The first kappa shape index (κ1) is 25.1. The predicted molar refractivity (Wildman–Crippen MR) is 136 cm³/mol. The molecule has 0 aliphatic carbocycles. The number of carbonyl (C=O) groups is 1. The first-order chi connectivity index (χ1) is 17.2. The first-order valence-corrected chi connectivity index (χ1v) is 12.6. The molecule has 4 aromatic carbocycles. The topological polar surface area (TPSA) is 108 Å². The van der Waals surface area contributed by atoms with E-state index in [1.165, 1.54) is 30.3 Å². The van der Waals surface area contributed by atoms with Crippen molar-refractivity contribution in [2.75, 3.05) is 10.6 Å². The Morgan fingerprint density at radius 3 is 2.33 bits per heavy atom. The smallest absolute Gasteiger partial charge is 0.404 e. The average molecular weight is 506 g/mol. The number of amides is 1. The van der Waals surface area contributed by atoms with E-state index in [2.05, 4.69) is 15.2 Å². The SMILES string of the molecule is O=C(Nc1cccc(OP(=O)(O)O)c1)c1ccc(NCc2ccc(F)cc2)c(Cc2ccccc2)c1. The molecule has 0 aliphatic rings. The number of benzene rings is 4. The molecule has 4 aromatic rings. The summed E-state index contributed by atoms with van der Waals surface area (Å²) >= 11 is 0. The summed E-state index contributed by atoms with van der Waals surface area (Å²) in [7, 11) is -4.72. The van der Waals surface area contributed by atoms with Gasteiger partial charge in [-0.15, -0.1) is 0 Å². The summed E-state index contributed by atoms with van der Waals surface area (Å²) in [6.07, 6.45) is 0.583. The van der Waals surface area contributed by atoms with Gasteiger partial charge >= 0.3 is 7.82 Å². The molecule has 0 atom stereocenters. The van der Waals surface area contributed by atoms with E-state index in [4.69, 9.17) is 9.79 Å². The van der Waals surface area contributed by atoms with Gasteiger partial charge in [-0.1, -0.05) is 48.5 Å². The van der Waals surface area contributed by atoms with Crippen molar-refractivity contribution in [2.45, 2.75) is 13.0 Å². The Hall–Kier alpha value is -3.97. The van der Waals surface area contributed by atoms with E-state index < -0.39 is 7.82 Å². The monoisotopic (exact) mass is 506 g/mol. The van der Waals surface area contributed by atoms with Crippen LogP contribution in [0.5, 0.6) is 5.75 Å². The van der Waals surface area contributed by atoms with Gasteiger partial charge in [0.2, 0.25) is 0 Å². The van der Waals surface area contributed by atoms with Gasteiger partial charge in [0.25, 0.3) is 5.91 Å². The quantitative estimate of drug-likeness (QED) is 0.215. The highest BCUT2D eigenvalue weighted by atomic mass is 31.2. The van der Waals surface area contributed by atoms with E-state index in [1.807, 2.05) is 36.4 Å². The molecule has 0 heterocycles. The summed E-state index contributed by atoms with van der Waals surface area (Å²) in [6.45, 7) is 0.486. The van der Waals surface area contributed by atoms with Gasteiger partial charge in [-0.25, -0.2) is 8.96 Å². The van der Waals surface area contributed by atoms with Crippen LogP contribution < -0.4 is 15.2 Å². The highest BCUT2D eigenvalue weighted by molar-refractivity contribution is 7.46. The fraction of sp³-hybridized carbons (Fsp3) is 0.0741. The minimum Gasteiger partial charge on any atom is -0.404 e. The third-order valence-electron chi connectivity index (χ3n) is 5.32. The van der Waals surface area contributed by atoms with Crippen LogP contribution in [0.15, 0.2) is 97.1 Å². The first-order valence-electron chi connectivity index (χ1n) is 11.1. The number of rotatable bonds is 9. The molecule has 4 rings (SSSR count). The van der Waals surface area contributed by atoms with Gasteiger partial charge in [0.15, 0.2) is 0 Å². The van der Waals surface area contributed by atoms with Crippen molar-refractivity contribution in [1.29, 1.82) is 0 Å². The molecule has 0 saturated heterocycles. The van der Waals surface area contributed by atoms with Crippen molar-refractivity contribution in [3.63, 3.8) is 0 Å². The van der Waals surface area contributed by atoms with E-state index in [0.717, 1.165) is 22.4 Å². The highest BCUT2D eigenvalue weighted by Gasteiger charge is 2.17. The summed E-state index contributed by atoms with van der Waals surface area (Å²) < 4.78 is 28.9. The molecule has 0 unspecified atom stereocenters. The third kappa shape index (κ3) is 7.26. The van der Waals surface area contributed by atoms with Gasteiger partial charge in [0.05, 0.1) is 0 Å². The lowest BCUT2D eigenvalue weighted by molar-refractivity contribution is 0.102. The maximum absolute atomic E-state index is 13.2. The molecule has 184 valence electrons. The van der Waals surface area contributed by atoms with Crippen LogP contribution >= 0.6 is 7.82 Å². The Morgan fingerprint density at radius 2 is 1.61 bits per heavy atom. The second-order valence-corrected chi connectivity index (χ2v) is 9.24. The molecule has 0 radical (unpaired) electrons. The minimum atomic E-state index is -4.72. The minimum absolute atomic E-state index is 0.0637. The van der Waals surface area contributed by atoms with Crippen molar-refractivity contribution in [2.24, 2.45) is 0 Å². The molecule has 0 aromatic heterocycles. The Kier molecular flexibility index (Phi) is 7.80. The second kappa shape index (κ2) is 11.2. The van der Waals surface area contributed by atoms with Gasteiger partial charge in [0, 0.05) is 29.5 Å². The van der Waals surface area contributed by atoms with Gasteiger partial charge in [-0.2, -0.15) is 0 Å². The summed E-state index contributed by atoms with van der Waals surface area (Å²) in [4.78, 5) is 31.0. The zero-order valence-corrected chi connectivity index (χ0v) is 20.0. The lowest BCUT2D eigenvalue weighted by Crippen LogP contribution is -2.13. The molecule has 0 saturated carbocycles. The molecule has 9 heteroatoms. The number of phosphoric ester groups is 1. The number of carbonyl (C=O) groups excluding carboxylic acids is 1. The third-order valence-corrected chi connectivity index (χ3v) is 5.77. The molecule has 0 fully saturated rings. The molecule has 36 heavy (non-hydrogen) atoms. The molecule has 7 nitrogen and oxygen atoms in total. The Labute approximate surface area is 207 Å². The van der Waals surface area contributed by atoms with Crippen molar-refractivity contribution < 1.29 is 28.1 Å². The van der Waals surface area contributed by atoms with Crippen LogP contribution in [0.4, 0.5) is 15.8 Å². The van der Waals surface area contributed by atoms with Crippen LogP contribution in [-0.4, -0.2) is 15.7 Å². The van der Waals surface area contributed by atoms with Crippen LogP contribution in [0, 0.1) is 5.82 Å². The fourth-order valence-electron chi connectivity index (χ4n) is 3.64. The molecule has 0 aliphatic heterocycles. The number of nitrogens with one attached hydrogen (secondary N) is 2. The summed E-state index contributed by atoms with van der Waals surface area (Å²) in [5.74, 6) is -0.744. The van der Waals surface area contributed by atoms with E-state index in [1.54, 1.807) is 30.3 Å². The molecule has 4 N–H and O–H groups in total. The number of halogens is 1. The summed E-state index contributed by atoms with van der Waals surface area (Å²) in [5.41, 5.74) is 4.47. The maximum atomic E-state index is 13.2. The lowest BCUT2D eigenvalue weighted by Gasteiger charge is -2.15. The number of anilines is 2. The van der Waals surface area contributed by atoms with Crippen LogP contribution in [0.25, 0.3) is 0 Å². The molecule has 0 spiro atoms. The van der Waals surface area contributed by atoms with Gasteiger partial charge in [-0.05, 0) is 65.6 Å². The van der Waals surface area contributed by atoms with E-state index in [0.29, 0.717) is 24.2 Å². The number of phosphoric acid groups is 1. The van der Waals surface area contributed by atoms with Crippen molar-refractivity contribution >= 4 is 25.1 Å². The van der Waals surface area contributed by atoms with Crippen LogP contribution in [0.3, 0.4) is 0 Å². The van der Waals surface area contributed by atoms with E-state index in [-0.39, 0.29) is 17.5 Å². The normalized spacial score (nSPS) is 11.1. The average Bonchev–Trinajstić information content (AvgIpc) is 2.84. The fourth-order valence-corrected chi connectivity index (χ4v) is 4.03. The van der Waals surface area contributed by atoms with Gasteiger partial charge < -0.3 is 15.2 Å². The predicted octanol–water partition coefficient (Wildman–Crippen LogP) is 5.75. The molecular weight excluding hydrogens is 482 g/mol. The Morgan fingerprint density at radius 1 is 0.861 bits per heavy atom. The van der Waals surface area contributed by atoms with Crippen molar-refractivity contribution in [1.82, 2.24) is 0 Å². The zero-order chi connectivity index (χ0) is 25.5. The standard InChI is InChI=1S/C27H24FN2O5P/c28-23-12-9-20(10-13-23)18-29-26-14-11-21(16-22(26)15-19-5-2-1-3-6-19)27(31)30-24-7-4-8-25(17-24)35-36(32,33)34/h1-14,16-17,29H,15,18H2,(H,30,31)(H2,32,33,34). The van der Waals surface area contributed by atoms with E-state index in [9.17, 15) is 13.8 Å². The van der Waals surface area contributed by atoms with Crippen LogP contribution in [0.1, 0.15) is 27.0 Å². The summed E-state index contributed by atoms with van der Waals surface area (Å²) in [6, 6.07) is 27.2. The Bertz CT molecular complexity index is 1390. The largest absolute Gasteiger partial charge is 0.524 e. The zero-order valence-electron chi connectivity index (χ0n) is 19.1. The molecule has 0 bridgehead atoms. The second-order valence-electron chi connectivity index (χ2n) is 8.08. The van der Waals surface area contributed by atoms with Crippen molar-refractivity contribution in [3.05, 3.63) is 125 Å².